The van der Waals surface area contributed by atoms with E-state index in [9.17, 15) is 0 Å². The maximum Gasteiger partial charge on any atom is 0.193 e. The standard InChI is InChI=1S/C21H32N4O2/c1-22-21(25-12-9-18(10-13-25)27-15-5-14-26-2)23-11-8-17-16-24-20-7-4-3-6-19(17)20/h3-4,6-7,16,18,24H,5,8-15H2,1-2H3,(H,22,23). The number of aromatic amines is 1. The van der Waals surface area contributed by atoms with Crippen molar-refractivity contribution in [1.82, 2.24) is 15.2 Å². The van der Waals surface area contributed by atoms with E-state index in [0.717, 1.165) is 64.5 Å². The first-order valence-electron chi connectivity index (χ1n) is 9.93. The first-order chi connectivity index (χ1) is 13.3. The number of aromatic nitrogens is 1. The summed E-state index contributed by atoms with van der Waals surface area (Å²) >= 11 is 0. The number of aliphatic imine (C=N–C) groups is 1. The molecule has 1 aliphatic heterocycles. The summed E-state index contributed by atoms with van der Waals surface area (Å²) in [6.07, 6.45) is 6.52. The Morgan fingerprint density at radius 3 is 2.85 bits per heavy atom. The van der Waals surface area contributed by atoms with Crippen LogP contribution in [0.15, 0.2) is 35.5 Å². The Labute approximate surface area is 161 Å². The quantitative estimate of drug-likeness (QED) is 0.425. The number of likely N-dealkylation sites (tertiary alicyclic amines) is 1. The molecule has 2 N–H and O–H groups in total. The van der Waals surface area contributed by atoms with Crippen LogP contribution in [0.1, 0.15) is 24.8 Å². The average Bonchev–Trinajstić information content (AvgIpc) is 3.12. The monoisotopic (exact) mass is 372 g/mol. The third-order valence-corrected chi connectivity index (χ3v) is 5.15. The second-order valence-corrected chi connectivity index (χ2v) is 6.99. The van der Waals surface area contributed by atoms with Gasteiger partial charge in [0.25, 0.3) is 0 Å². The topological polar surface area (TPSA) is 61.9 Å². The van der Waals surface area contributed by atoms with Crippen molar-refractivity contribution in [3.05, 3.63) is 36.0 Å². The van der Waals surface area contributed by atoms with Gasteiger partial charge in [-0.2, -0.15) is 0 Å². The normalized spacial score (nSPS) is 16.2. The van der Waals surface area contributed by atoms with Gasteiger partial charge >= 0.3 is 0 Å². The molecule has 1 fully saturated rings. The molecule has 0 atom stereocenters. The first-order valence-corrected chi connectivity index (χ1v) is 9.93. The number of rotatable bonds is 8. The van der Waals surface area contributed by atoms with E-state index in [2.05, 4.69) is 50.7 Å². The minimum atomic E-state index is 0.363. The molecule has 0 aliphatic carbocycles. The summed E-state index contributed by atoms with van der Waals surface area (Å²) in [5.41, 5.74) is 2.54. The van der Waals surface area contributed by atoms with E-state index in [1.807, 2.05) is 7.05 Å². The van der Waals surface area contributed by atoms with Gasteiger partial charge in [-0.25, -0.2) is 0 Å². The molecule has 2 aromatic rings. The van der Waals surface area contributed by atoms with Crippen LogP contribution in [0.3, 0.4) is 0 Å². The largest absolute Gasteiger partial charge is 0.385 e. The summed E-state index contributed by atoms with van der Waals surface area (Å²) in [6, 6.07) is 8.45. The fraction of sp³-hybridized carbons (Fsp3) is 0.571. The Hall–Kier alpha value is -2.05. The number of ether oxygens (including phenoxy) is 2. The number of nitrogens with zero attached hydrogens (tertiary/aromatic N) is 2. The van der Waals surface area contributed by atoms with Gasteiger partial charge in [-0.1, -0.05) is 18.2 Å². The fourth-order valence-corrected chi connectivity index (χ4v) is 3.67. The number of piperidine rings is 1. The summed E-state index contributed by atoms with van der Waals surface area (Å²) in [4.78, 5) is 10.2. The number of H-pyrrole nitrogens is 1. The smallest absolute Gasteiger partial charge is 0.193 e. The van der Waals surface area contributed by atoms with E-state index < -0.39 is 0 Å². The molecule has 27 heavy (non-hydrogen) atoms. The summed E-state index contributed by atoms with van der Waals surface area (Å²) in [5, 5.41) is 4.83. The number of fused-ring (bicyclic) bond motifs is 1. The third-order valence-electron chi connectivity index (χ3n) is 5.15. The predicted molar refractivity (Wildman–Crippen MR) is 110 cm³/mol. The SMILES string of the molecule is CN=C(NCCc1c[nH]c2ccccc12)N1CCC(OCCCOC)CC1. The Morgan fingerprint density at radius 2 is 2.07 bits per heavy atom. The zero-order valence-electron chi connectivity index (χ0n) is 16.5. The molecule has 6 heteroatoms. The van der Waals surface area contributed by atoms with Crippen LogP contribution in [0.5, 0.6) is 0 Å². The van der Waals surface area contributed by atoms with Crippen molar-refractivity contribution in [3.63, 3.8) is 0 Å². The molecule has 0 bridgehead atoms. The highest BCUT2D eigenvalue weighted by atomic mass is 16.5. The van der Waals surface area contributed by atoms with Crippen LogP contribution in [-0.2, 0) is 15.9 Å². The van der Waals surface area contributed by atoms with Crippen molar-refractivity contribution in [1.29, 1.82) is 0 Å². The Kier molecular flexibility index (Phi) is 7.54. The van der Waals surface area contributed by atoms with Crippen molar-refractivity contribution in [2.24, 2.45) is 4.99 Å². The molecule has 1 aromatic carbocycles. The van der Waals surface area contributed by atoms with E-state index in [1.54, 1.807) is 7.11 Å². The van der Waals surface area contributed by atoms with Gasteiger partial charge in [0, 0.05) is 64.1 Å². The molecule has 6 nitrogen and oxygen atoms in total. The lowest BCUT2D eigenvalue weighted by molar-refractivity contribution is 0.00992. The van der Waals surface area contributed by atoms with Crippen molar-refractivity contribution >= 4 is 16.9 Å². The number of hydrogen-bond donors (Lipinski definition) is 2. The van der Waals surface area contributed by atoms with Crippen LogP contribution >= 0.6 is 0 Å². The van der Waals surface area contributed by atoms with Crippen molar-refractivity contribution < 1.29 is 9.47 Å². The maximum absolute atomic E-state index is 5.95. The molecule has 0 unspecified atom stereocenters. The highest BCUT2D eigenvalue weighted by Crippen LogP contribution is 2.18. The molecule has 3 rings (SSSR count). The van der Waals surface area contributed by atoms with E-state index >= 15 is 0 Å². The number of para-hydroxylation sites is 1. The molecular weight excluding hydrogens is 340 g/mol. The van der Waals surface area contributed by atoms with Crippen molar-refractivity contribution in [3.8, 4) is 0 Å². The summed E-state index contributed by atoms with van der Waals surface area (Å²) in [5.74, 6) is 0.993. The van der Waals surface area contributed by atoms with E-state index in [1.165, 1.54) is 16.5 Å². The molecule has 0 spiro atoms. The van der Waals surface area contributed by atoms with E-state index in [0.29, 0.717) is 6.10 Å². The number of benzene rings is 1. The average molecular weight is 373 g/mol. The Morgan fingerprint density at radius 1 is 1.26 bits per heavy atom. The maximum atomic E-state index is 5.95. The van der Waals surface area contributed by atoms with E-state index in [4.69, 9.17) is 9.47 Å². The molecule has 0 radical (unpaired) electrons. The van der Waals surface area contributed by atoms with Gasteiger partial charge in [-0.05, 0) is 37.3 Å². The summed E-state index contributed by atoms with van der Waals surface area (Å²) < 4.78 is 11.0. The van der Waals surface area contributed by atoms with Crippen LogP contribution < -0.4 is 5.32 Å². The van der Waals surface area contributed by atoms with Gasteiger partial charge in [-0.15, -0.1) is 0 Å². The Balaban J connectivity index is 1.41. The summed E-state index contributed by atoms with van der Waals surface area (Å²) in [6.45, 7) is 4.41. The van der Waals surface area contributed by atoms with Crippen LogP contribution in [-0.4, -0.2) is 69.0 Å². The molecular formula is C21H32N4O2. The molecule has 0 saturated carbocycles. The highest BCUT2D eigenvalue weighted by Gasteiger charge is 2.21. The zero-order valence-corrected chi connectivity index (χ0v) is 16.5. The van der Waals surface area contributed by atoms with Gasteiger partial charge in [0.1, 0.15) is 0 Å². The lowest BCUT2D eigenvalue weighted by atomic mass is 10.1. The van der Waals surface area contributed by atoms with Crippen LogP contribution in [0, 0.1) is 0 Å². The third kappa shape index (κ3) is 5.47. The number of methoxy groups -OCH3 is 1. The van der Waals surface area contributed by atoms with Crippen LogP contribution in [0.4, 0.5) is 0 Å². The number of nitrogens with one attached hydrogen (secondary N) is 2. The minimum absolute atomic E-state index is 0.363. The molecule has 2 heterocycles. The highest BCUT2D eigenvalue weighted by molar-refractivity contribution is 5.83. The predicted octanol–water partition coefficient (Wildman–Crippen LogP) is 2.80. The van der Waals surface area contributed by atoms with Crippen molar-refractivity contribution in [2.75, 3.05) is 47.0 Å². The fourth-order valence-electron chi connectivity index (χ4n) is 3.67. The van der Waals surface area contributed by atoms with Crippen LogP contribution in [0.2, 0.25) is 0 Å². The Bertz CT molecular complexity index is 720. The molecule has 148 valence electrons. The molecule has 1 aromatic heterocycles. The van der Waals surface area contributed by atoms with Gasteiger partial charge in [0.2, 0.25) is 0 Å². The van der Waals surface area contributed by atoms with Crippen LogP contribution in [0.25, 0.3) is 10.9 Å². The second-order valence-electron chi connectivity index (χ2n) is 6.99. The molecule has 1 saturated heterocycles. The lowest BCUT2D eigenvalue weighted by Crippen LogP contribution is -2.47. The van der Waals surface area contributed by atoms with Gasteiger partial charge in [0.15, 0.2) is 5.96 Å². The number of hydrogen-bond acceptors (Lipinski definition) is 3. The minimum Gasteiger partial charge on any atom is -0.385 e. The van der Waals surface area contributed by atoms with Gasteiger partial charge in [-0.3, -0.25) is 4.99 Å². The molecule has 1 aliphatic rings. The molecule has 0 amide bonds. The first kappa shape index (κ1) is 19.7. The van der Waals surface area contributed by atoms with Gasteiger partial charge < -0.3 is 24.7 Å². The lowest BCUT2D eigenvalue weighted by Gasteiger charge is -2.34. The van der Waals surface area contributed by atoms with Crippen molar-refractivity contribution in [2.45, 2.75) is 31.8 Å². The van der Waals surface area contributed by atoms with Gasteiger partial charge in [0.05, 0.1) is 6.10 Å². The van der Waals surface area contributed by atoms with E-state index in [-0.39, 0.29) is 0 Å². The number of guanidine groups is 1. The summed E-state index contributed by atoms with van der Waals surface area (Å²) in [7, 11) is 3.59. The zero-order chi connectivity index (χ0) is 18.9. The second kappa shape index (κ2) is 10.3.